The van der Waals surface area contributed by atoms with Crippen LogP contribution < -0.4 is 9.47 Å². The standard InChI is InChI=1S/C20H21N3O3/c1-25-18-8-6-13(11-19(18)26-2)17-4-3-9-23(17)20(24)14-5-7-15-16(10-14)22-12-21-15/h5-8,10-12,17H,3-4,9H2,1-2H3,(H,21,22)/t17-/m1/s1. The van der Waals surface area contributed by atoms with Crippen LogP contribution in [0.15, 0.2) is 42.7 Å². The Kier molecular flexibility index (Phi) is 4.24. The van der Waals surface area contributed by atoms with E-state index in [-0.39, 0.29) is 11.9 Å². The van der Waals surface area contributed by atoms with Crippen molar-refractivity contribution in [1.29, 1.82) is 0 Å². The van der Waals surface area contributed by atoms with Crippen molar-refractivity contribution in [2.75, 3.05) is 20.8 Å². The largest absolute Gasteiger partial charge is 0.493 e. The third kappa shape index (κ3) is 2.77. The molecule has 0 spiro atoms. The number of likely N-dealkylation sites (tertiary alicyclic amines) is 1. The van der Waals surface area contributed by atoms with Gasteiger partial charge >= 0.3 is 0 Å². The monoisotopic (exact) mass is 351 g/mol. The highest BCUT2D eigenvalue weighted by Gasteiger charge is 2.31. The summed E-state index contributed by atoms with van der Waals surface area (Å²) in [7, 11) is 3.24. The number of fused-ring (bicyclic) bond motifs is 1. The first kappa shape index (κ1) is 16.4. The summed E-state index contributed by atoms with van der Waals surface area (Å²) in [6, 6.07) is 11.5. The van der Waals surface area contributed by atoms with Crippen LogP contribution in [0, 0.1) is 0 Å². The number of carbonyl (C=O) groups is 1. The summed E-state index contributed by atoms with van der Waals surface area (Å²) in [5.74, 6) is 1.42. The van der Waals surface area contributed by atoms with Gasteiger partial charge in [0, 0.05) is 12.1 Å². The predicted octanol–water partition coefficient (Wildman–Crippen LogP) is 3.56. The first-order chi connectivity index (χ1) is 12.7. The van der Waals surface area contributed by atoms with Crippen LogP contribution in [0.3, 0.4) is 0 Å². The fraction of sp³-hybridized carbons (Fsp3) is 0.300. The molecule has 1 saturated heterocycles. The Morgan fingerprint density at radius 2 is 2.00 bits per heavy atom. The predicted molar refractivity (Wildman–Crippen MR) is 98.7 cm³/mol. The van der Waals surface area contributed by atoms with Gasteiger partial charge in [-0.2, -0.15) is 0 Å². The van der Waals surface area contributed by atoms with E-state index in [1.54, 1.807) is 20.5 Å². The van der Waals surface area contributed by atoms with Gasteiger partial charge in [0.05, 0.1) is 37.6 Å². The first-order valence-electron chi connectivity index (χ1n) is 8.67. The number of rotatable bonds is 4. The zero-order valence-electron chi connectivity index (χ0n) is 14.9. The molecule has 26 heavy (non-hydrogen) atoms. The molecule has 1 aromatic heterocycles. The molecular formula is C20H21N3O3. The Hall–Kier alpha value is -3.02. The SMILES string of the molecule is COc1ccc([C@H]2CCCN2C(=O)c2ccc3nc[nH]c3c2)cc1OC. The number of nitrogens with one attached hydrogen (secondary N) is 1. The van der Waals surface area contributed by atoms with Crippen molar-refractivity contribution in [2.24, 2.45) is 0 Å². The molecule has 1 aliphatic heterocycles. The van der Waals surface area contributed by atoms with Crippen LogP contribution in [0.25, 0.3) is 11.0 Å². The summed E-state index contributed by atoms with van der Waals surface area (Å²) in [4.78, 5) is 22.3. The zero-order chi connectivity index (χ0) is 18.1. The van der Waals surface area contributed by atoms with Crippen LogP contribution in [-0.4, -0.2) is 41.5 Å². The van der Waals surface area contributed by atoms with Crippen LogP contribution >= 0.6 is 0 Å². The summed E-state index contributed by atoms with van der Waals surface area (Å²) in [5.41, 5.74) is 3.47. The number of benzene rings is 2. The molecule has 2 heterocycles. The topological polar surface area (TPSA) is 67.5 Å². The zero-order valence-corrected chi connectivity index (χ0v) is 14.9. The summed E-state index contributed by atoms with van der Waals surface area (Å²) >= 11 is 0. The average molecular weight is 351 g/mol. The van der Waals surface area contributed by atoms with E-state index in [0.29, 0.717) is 17.1 Å². The van der Waals surface area contributed by atoms with Gasteiger partial charge in [-0.25, -0.2) is 4.98 Å². The van der Waals surface area contributed by atoms with Crippen molar-refractivity contribution in [3.05, 3.63) is 53.9 Å². The van der Waals surface area contributed by atoms with Crippen LogP contribution in [0.2, 0.25) is 0 Å². The summed E-state index contributed by atoms with van der Waals surface area (Å²) in [6.07, 6.45) is 3.56. The Balaban J connectivity index is 1.64. The normalized spacial score (nSPS) is 16.8. The fourth-order valence-corrected chi connectivity index (χ4v) is 3.65. The maximum atomic E-state index is 13.1. The van der Waals surface area contributed by atoms with E-state index in [0.717, 1.165) is 36.0 Å². The number of hydrogen-bond acceptors (Lipinski definition) is 4. The lowest BCUT2D eigenvalue weighted by Crippen LogP contribution is -2.30. The van der Waals surface area contributed by atoms with E-state index in [9.17, 15) is 4.79 Å². The number of hydrogen-bond donors (Lipinski definition) is 1. The van der Waals surface area contributed by atoms with E-state index in [2.05, 4.69) is 9.97 Å². The number of H-pyrrole nitrogens is 1. The number of aromatic amines is 1. The molecule has 4 rings (SSSR count). The molecule has 1 amide bonds. The van der Waals surface area contributed by atoms with Crippen molar-refractivity contribution in [1.82, 2.24) is 14.9 Å². The Bertz CT molecular complexity index is 950. The molecular weight excluding hydrogens is 330 g/mol. The fourth-order valence-electron chi connectivity index (χ4n) is 3.65. The summed E-state index contributed by atoms with van der Waals surface area (Å²) < 4.78 is 10.7. The van der Waals surface area contributed by atoms with Crippen molar-refractivity contribution in [3.8, 4) is 11.5 Å². The second-order valence-corrected chi connectivity index (χ2v) is 6.41. The van der Waals surface area contributed by atoms with E-state index in [4.69, 9.17) is 9.47 Å². The van der Waals surface area contributed by atoms with E-state index in [1.807, 2.05) is 41.3 Å². The molecule has 1 N–H and O–H groups in total. The molecule has 1 fully saturated rings. The molecule has 0 radical (unpaired) electrons. The highest BCUT2D eigenvalue weighted by Crippen LogP contribution is 2.37. The van der Waals surface area contributed by atoms with Crippen LogP contribution in [-0.2, 0) is 0 Å². The van der Waals surface area contributed by atoms with Gasteiger partial charge in [-0.3, -0.25) is 4.79 Å². The third-order valence-electron chi connectivity index (χ3n) is 4.97. The number of ether oxygens (including phenoxy) is 2. The lowest BCUT2D eigenvalue weighted by molar-refractivity contribution is 0.0735. The van der Waals surface area contributed by atoms with Crippen molar-refractivity contribution in [3.63, 3.8) is 0 Å². The van der Waals surface area contributed by atoms with Gasteiger partial charge in [-0.1, -0.05) is 6.07 Å². The number of nitrogens with zero attached hydrogens (tertiary/aromatic N) is 2. The number of imidazole rings is 1. The minimum absolute atomic E-state index is 0.0405. The maximum absolute atomic E-state index is 13.1. The van der Waals surface area contributed by atoms with Crippen LogP contribution in [0.4, 0.5) is 0 Å². The molecule has 2 aromatic carbocycles. The average Bonchev–Trinajstić information content (AvgIpc) is 3.35. The summed E-state index contributed by atoms with van der Waals surface area (Å²) in [5, 5.41) is 0. The molecule has 0 aliphatic carbocycles. The second-order valence-electron chi connectivity index (χ2n) is 6.41. The molecule has 0 unspecified atom stereocenters. The molecule has 6 nitrogen and oxygen atoms in total. The molecule has 6 heteroatoms. The summed E-state index contributed by atoms with van der Waals surface area (Å²) in [6.45, 7) is 0.749. The number of amides is 1. The minimum atomic E-state index is 0.0405. The van der Waals surface area contributed by atoms with E-state index in [1.165, 1.54) is 0 Å². The van der Waals surface area contributed by atoms with Crippen molar-refractivity contribution in [2.45, 2.75) is 18.9 Å². The van der Waals surface area contributed by atoms with Crippen LogP contribution in [0.1, 0.15) is 34.8 Å². The molecule has 134 valence electrons. The molecule has 1 atom stereocenters. The lowest BCUT2D eigenvalue weighted by Gasteiger charge is -2.26. The molecule has 3 aromatic rings. The Morgan fingerprint density at radius 1 is 1.15 bits per heavy atom. The minimum Gasteiger partial charge on any atom is -0.493 e. The van der Waals surface area contributed by atoms with Crippen molar-refractivity contribution < 1.29 is 14.3 Å². The second kappa shape index (κ2) is 6.71. The molecule has 0 bridgehead atoms. The van der Waals surface area contributed by atoms with Crippen molar-refractivity contribution >= 4 is 16.9 Å². The van der Waals surface area contributed by atoms with E-state index < -0.39 is 0 Å². The maximum Gasteiger partial charge on any atom is 0.254 e. The van der Waals surface area contributed by atoms with Gasteiger partial charge in [0.1, 0.15) is 0 Å². The Labute approximate surface area is 151 Å². The third-order valence-corrected chi connectivity index (χ3v) is 4.97. The van der Waals surface area contributed by atoms with Gasteiger partial charge in [0.15, 0.2) is 11.5 Å². The van der Waals surface area contributed by atoms with Gasteiger partial charge in [-0.15, -0.1) is 0 Å². The van der Waals surface area contributed by atoms with Gasteiger partial charge in [0.25, 0.3) is 5.91 Å². The van der Waals surface area contributed by atoms with Gasteiger partial charge in [0.2, 0.25) is 0 Å². The van der Waals surface area contributed by atoms with Gasteiger partial charge < -0.3 is 19.4 Å². The smallest absolute Gasteiger partial charge is 0.254 e. The lowest BCUT2D eigenvalue weighted by atomic mass is 10.0. The Morgan fingerprint density at radius 3 is 2.81 bits per heavy atom. The highest BCUT2D eigenvalue weighted by atomic mass is 16.5. The first-order valence-corrected chi connectivity index (χ1v) is 8.67. The van der Waals surface area contributed by atoms with E-state index >= 15 is 0 Å². The van der Waals surface area contributed by atoms with Gasteiger partial charge in [-0.05, 0) is 48.7 Å². The number of aromatic nitrogens is 2. The number of carbonyl (C=O) groups excluding carboxylic acids is 1. The van der Waals surface area contributed by atoms with Crippen LogP contribution in [0.5, 0.6) is 11.5 Å². The molecule has 0 saturated carbocycles. The quantitative estimate of drug-likeness (QED) is 0.780. The highest BCUT2D eigenvalue weighted by molar-refractivity contribution is 5.97. The molecule has 1 aliphatic rings. The number of methoxy groups -OCH3 is 2.